The maximum absolute atomic E-state index is 10.7. The zero-order valence-corrected chi connectivity index (χ0v) is 23.4. The Bertz CT molecular complexity index is 548. The van der Waals surface area contributed by atoms with Gasteiger partial charge in [-0.1, -0.05) is 71.8 Å². The fraction of sp³-hybridized carbons (Fsp3) is 0.783. The third-order valence-corrected chi connectivity index (χ3v) is 10.6. The molecule has 1 heterocycles. The topological polar surface area (TPSA) is 12.9 Å². The number of aromatic nitrogens is 1. The van der Waals surface area contributed by atoms with Gasteiger partial charge in [-0.15, -0.1) is 0 Å². The molecule has 0 aliphatic heterocycles. The van der Waals surface area contributed by atoms with Gasteiger partial charge in [-0.2, -0.15) is 0 Å². The molecule has 3 aliphatic carbocycles. The number of rotatable bonds is 3. The quantitative estimate of drug-likeness (QED) is 0.226. The normalized spacial score (nSPS) is 23.0. The summed E-state index contributed by atoms with van der Waals surface area (Å²) in [4.78, 5) is 3.78. The second-order valence-electron chi connectivity index (χ2n) is 9.31. The van der Waals surface area contributed by atoms with E-state index in [0.717, 1.165) is 0 Å². The first kappa shape index (κ1) is 31.3. The van der Waals surface area contributed by atoms with Crippen LogP contribution in [0.5, 0.6) is 0 Å². The SMILES string of the molecule is C1CCC(P(C2CCCCC2)C2CCCCC2)CC1.F[P-](F)(F)(F)(F)F.[Ir].c1ccncc1. The van der Waals surface area contributed by atoms with E-state index in [2.05, 4.69) is 4.98 Å². The van der Waals surface area contributed by atoms with Gasteiger partial charge in [0.15, 0.2) is 0 Å². The second-order valence-corrected chi connectivity index (χ2v) is 14.3. The molecule has 4 rings (SSSR count). The van der Waals surface area contributed by atoms with Gasteiger partial charge in [0.05, 0.1) is 0 Å². The number of hydrogen-bond acceptors (Lipinski definition) is 1. The van der Waals surface area contributed by atoms with Crippen LogP contribution in [0.25, 0.3) is 0 Å². The van der Waals surface area contributed by atoms with E-state index in [4.69, 9.17) is 0 Å². The van der Waals surface area contributed by atoms with Crippen LogP contribution in [0.15, 0.2) is 30.6 Å². The Balaban J connectivity index is 0.000000322. The fourth-order valence-corrected chi connectivity index (χ4v) is 10.0. The van der Waals surface area contributed by atoms with Crippen LogP contribution in [0.3, 0.4) is 0 Å². The zero-order valence-electron chi connectivity index (χ0n) is 19.2. The molecule has 3 aliphatic rings. The second kappa shape index (κ2) is 13.5. The van der Waals surface area contributed by atoms with Gasteiger partial charge < -0.3 is 0 Å². The Morgan fingerprint density at radius 1 is 0.515 bits per heavy atom. The Kier molecular flexibility index (Phi) is 12.8. The molecule has 1 aromatic heterocycles. The number of hydrogen-bond donors (Lipinski definition) is 0. The average Bonchev–Trinajstić information content (AvgIpc) is 2.76. The van der Waals surface area contributed by atoms with Crippen LogP contribution >= 0.6 is 15.7 Å². The van der Waals surface area contributed by atoms with Crippen LogP contribution in [0.2, 0.25) is 0 Å². The molecule has 10 heteroatoms. The Morgan fingerprint density at radius 3 is 0.970 bits per heavy atom. The van der Waals surface area contributed by atoms with Crippen molar-refractivity contribution < 1.29 is 45.3 Å². The van der Waals surface area contributed by atoms with Crippen LogP contribution in [0.4, 0.5) is 25.2 Å². The Morgan fingerprint density at radius 2 is 0.788 bits per heavy atom. The molecular weight excluding hydrogens is 658 g/mol. The molecule has 0 aromatic carbocycles. The van der Waals surface area contributed by atoms with Crippen molar-refractivity contribution in [3.8, 4) is 0 Å². The van der Waals surface area contributed by atoms with Crippen molar-refractivity contribution in [2.45, 2.75) is 113 Å². The number of halogens is 6. The van der Waals surface area contributed by atoms with Gasteiger partial charge in [-0.3, -0.25) is 4.98 Å². The average molecular weight is 697 g/mol. The maximum atomic E-state index is 9.87. The molecule has 3 fully saturated rings. The fourth-order valence-electron chi connectivity index (χ4n) is 5.34. The van der Waals surface area contributed by atoms with Crippen LogP contribution in [-0.2, 0) is 20.1 Å². The molecule has 0 unspecified atom stereocenters. The summed E-state index contributed by atoms with van der Waals surface area (Å²) in [5, 5.41) is 0. The van der Waals surface area contributed by atoms with Crippen molar-refractivity contribution in [2.75, 3.05) is 0 Å². The van der Waals surface area contributed by atoms with Gasteiger partial charge in [-0.05, 0) is 67.6 Å². The predicted octanol–water partition coefficient (Wildman–Crippen LogP) is 10.9. The van der Waals surface area contributed by atoms with Crippen LogP contribution < -0.4 is 0 Å². The minimum Gasteiger partial charge on any atom is -0.265 e. The summed E-state index contributed by atoms with van der Waals surface area (Å²) in [7, 11) is -10.3. The van der Waals surface area contributed by atoms with E-state index in [1.165, 1.54) is 36.2 Å². The van der Waals surface area contributed by atoms with Crippen molar-refractivity contribution in [3.63, 3.8) is 0 Å². The minimum atomic E-state index is -10.7. The maximum Gasteiger partial charge on any atom is 0.0267 e. The van der Waals surface area contributed by atoms with Crippen LogP contribution in [0.1, 0.15) is 96.3 Å². The predicted molar refractivity (Wildman–Crippen MR) is 125 cm³/mol. The first-order chi connectivity index (χ1) is 14.9. The van der Waals surface area contributed by atoms with Gasteiger partial charge in [0.2, 0.25) is 0 Å². The van der Waals surface area contributed by atoms with E-state index in [-0.39, 0.29) is 20.1 Å². The monoisotopic (exact) mass is 697 g/mol. The molecule has 1 nitrogen and oxygen atoms in total. The summed E-state index contributed by atoms with van der Waals surface area (Å²) < 4.78 is 59.2. The molecular formula is C23H38F6IrNP2-. The standard InChI is InChI=1S/C18H33P.C5H5N.F6P.Ir/c1-4-10-16(11-5-1)19(17-12-6-2-7-13-17)18-14-8-3-9-15-18;1-2-4-6-5-3-1;1-7(2,3,4,5)6;/h16-18H,1-15H2;1-5H;;/q;;-1;. The molecule has 0 bridgehead atoms. The first-order valence-corrected chi connectivity index (χ1v) is 15.7. The van der Waals surface area contributed by atoms with E-state index >= 15 is 0 Å². The van der Waals surface area contributed by atoms with Gasteiger partial charge in [0.25, 0.3) is 0 Å². The molecule has 0 spiro atoms. The summed E-state index contributed by atoms with van der Waals surface area (Å²) in [5.41, 5.74) is 3.57. The molecule has 0 amide bonds. The van der Waals surface area contributed by atoms with Gasteiger partial charge >= 0.3 is 33.0 Å². The van der Waals surface area contributed by atoms with Gasteiger partial charge in [-0.25, -0.2) is 0 Å². The van der Waals surface area contributed by atoms with Crippen LogP contribution in [0, 0.1) is 0 Å². The number of nitrogens with zero attached hydrogens (tertiary/aromatic N) is 1. The van der Waals surface area contributed by atoms with E-state index in [9.17, 15) is 25.2 Å². The van der Waals surface area contributed by atoms with Gasteiger partial charge in [0.1, 0.15) is 0 Å². The van der Waals surface area contributed by atoms with Crippen molar-refractivity contribution in [1.82, 2.24) is 4.98 Å². The number of pyridine rings is 1. The summed E-state index contributed by atoms with van der Waals surface area (Å²) >= 11 is 0. The van der Waals surface area contributed by atoms with Gasteiger partial charge in [0, 0.05) is 32.5 Å². The summed E-state index contributed by atoms with van der Waals surface area (Å²) in [6.45, 7) is 0. The van der Waals surface area contributed by atoms with Crippen molar-refractivity contribution in [2.24, 2.45) is 0 Å². The van der Waals surface area contributed by atoms with Crippen LogP contribution in [-0.4, -0.2) is 22.0 Å². The molecule has 3 saturated carbocycles. The van der Waals surface area contributed by atoms with Crippen molar-refractivity contribution >= 4 is 15.7 Å². The third kappa shape index (κ3) is 16.5. The van der Waals surface area contributed by atoms with E-state index in [0.29, 0.717) is 7.92 Å². The zero-order chi connectivity index (χ0) is 23.6. The van der Waals surface area contributed by atoms with Crippen molar-refractivity contribution in [3.05, 3.63) is 30.6 Å². The summed E-state index contributed by atoms with van der Waals surface area (Å²) in [6, 6.07) is 5.72. The molecule has 0 N–H and O–H groups in total. The Hall–Kier alpha value is 0.239. The summed E-state index contributed by atoms with van der Waals surface area (Å²) in [6.07, 6.45) is 27.1. The molecule has 1 radical (unpaired) electrons. The van der Waals surface area contributed by atoms with E-state index in [1.54, 1.807) is 89.4 Å². The summed E-state index contributed by atoms with van der Waals surface area (Å²) in [5.74, 6) is 0. The molecule has 1 aromatic rings. The molecule has 0 saturated heterocycles. The molecule has 33 heavy (non-hydrogen) atoms. The van der Waals surface area contributed by atoms with E-state index < -0.39 is 7.81 Å². The molecule has 197 valence electrons. The van der Waals surface area contributed by atoms with Crippen molar-refractivity contribution in [1.29, 1.82) is 0 Å². The smallest absolute Gasteiger partial charge is 0.0267 e. The first-order valence-electron chi connectivity index (χ1n) is 12.1. The third-order valence-electron chi connectivity index (χ3n) is 6.56. The largest absolute Gasteiger partial charge is 0.265 e. The minimum absolute atomic E-state index is 0. The molecule has 0 atom stereocenters. The Labute approximate surface area is 209 Å². The van der Waals surface area contributed by atoms with E-state index in [1.807, 2.05) is 18.2 Å².